The van der Waals surface area contributed by atoms with Crippen LogP contribution in [0.2, 0.25) is 0 Å². The van der Waals surface area contributed by atoms with Gasteiger partial charge in [0.15, 0.2) is 0 Å². The molecule has 6 nitrogen and oxygen atoms in total. The topological polar surface area (TPSA) is 67.2 Å². The summed E-state index contributed by atoms with van der Waals surface area (Å²) in [4.78, 5) is 26.5. The molecule has 28 heavy (non-hydrogen) atoms. The van der Waals surface area contributed by atoms with Crippen molar-refractivity contribution in [3.63, 3.8) is 0 Å². The van der Waals surface area contributed by atoms with Crippen molar-refractivity contribution in [2.24, 2.45) is 0 Å². The van der Waals surface area contributed by atoms with E-state index in [1.165, 1.54) is 0 Å². The third-order valence-corrected chi connectivity index (χ3v) is 4.98. The van der Waals surface area contributed by atoms with E-state index in [1.807, 2.05) is 65.5 Å². The van der Waals surface area contributed by atoms with Gasteiger partial charge >= 0.3 is 0 Å². The zero-order chi connectivity index (χ0) is 19.3. The van der Waals surface area contributed by atoms with Gasteiger partial charge in [0.1, 0.15) is 6.54 Å². The van der Waals surface area contributed by atoms with Gasteiger partial charge in [-0.25, -0.2) is 0 Å². The van der Waals surface area contributed by atoms with Crippen LogP contribution < -0.4 is 10.2 Å². The Balaban J connectivity index is 1.41. The van der Waals surface area contributed by atoms with E-state index in [0.29, 0.717) is 19.5 Å². The minimum Gasteiger partial charge on any atom is -0.350 e. The molecule has 1 N–H and O–H groups in total. The first-order valence-corrected chi connectivity index (χ1v) is 9.40. The number of fused-ring (bicyclic) bond motifs is 1. The molecule has 2 amide bonds. The molecule has 3 aromatic rings. The van der Waals surface area contributed by atoms with Gasteiger partial charge in [-0.2, -0.15) is 5.10 Å². The number of aromatic nitrogens is 2. The molecular formula is C22H22N4O2. The number of para-hydroxylation sites is 1. The van der Waals surface area contributed by atoms with Crippen LogP contribution in [0.3, 0.4) is 0 Å². The predicted molar refractivity (Wildman–Crippen MR) is 107 cm³/mol. The van der Waals surface area contributed by atoms with Crippen molar-refractivity contribution in [2.75, 3.05) is 11.4 Å². The quantitative estimate of drug-likeness (QED) is 0.721. The van der Waals surface area contributed by atoms with Crippen LogP contribution in [0.25, 0.3) is 0 Å². The molecule has 4 rings (SSSR count). The van der Waals surface area contributed by atoms with Crippen molar-refractivity contribution < 1.29 is 9.59 Å². The van der Waals surface area contributed by atoms with E-state index in [4.69, 9.17) is 0 Å². The first-order chi connectivity index (χ1) is 13.7. The highest BCUT2D eigenvalue weighted by molar-refractivity contribution is 6.00. The van der Waals surface area contributed by atoms with Gasteiger partial charge in [-0.1, -0.05) is 42.5 Å². The summed E-state index contributed by atoms with van der Waals surface area (Å²) in [5.74, 6) is -0.174. The lowest BCUT2D eigenvalue weighted by molar-refractivity contribution is -0.124. The van der Waals surface area contributed by atoms with Gasteiger partial charge in [0.05, 0.1) is 6.54 Å². The number of nitrogens with zero attached hydrogens (tertiary/aromatic N) is 3. The monoisotopic (exact) mass is 374 g/mol. The summed E-state index contributed by atoms with van der Waals surface area (Å²) in [7, 11) is 0. The second-order valence-corrected chi connectivity index (χ2v) is 6.86. The van der Waals surface area contributed by atoms with Crippen molar-refractivity contribution in [3.8, 4) is 0 Å². The molecule has 1 aliphatic rings. The second kappa shape index (κ2) is 8.08. The fourth-order valence-corrected chi connectivity index (χ4v) is 3.52. The maximum atomic E-state index is 12.5. The highest BCUT2D eigenvalue weighted by atomic mass is 16.2. The molecule has 0 unspecified atom stereocenters. The molecule has 0 spiro atoms. The number of hydrogen-bond donors (Lipinski definition) is 1. The second-order valence-electron chi connectivity index (χ2n) is 6.86. The number of benzene rings is 2. The third kappa shape index (κ3) is 3.96. The van der Waals surface area contributed by atoms with Crippen LogP contribution in [0.4, 0.5) is 5.69 Å². The summed E-state index contributed by atoms with van der Waals surface area (Å²) in [6, 6.07) is 17.6. The Labute approximate surface area is 163 Å². The normalized spacial score (nSPS) is 13.3. The number of nitrogens with one attached hydrogen (secondary N) is 1. The number of carbonyl (C=O) groups is 2. The predicted octanol–water partition coefficient (Wildman–Crippen LogP) is 2.53. The van der Waals surface area contributed by atoms with Crippen molar-refractivity contribution in [3.05, 3.63) is 83.7 Å². The van der Waals surface area contributed by atoms with E-state index in [9.17, 15) is 9.59 Å². The average Bonchev–Trinajstić information content (AvgIpc) is 3.23. The van der Waals surface area contributed by atoms with Crippen LogP contribution >= 0.6 is 0 Å². The van der Waals surface area contributed by atoms with Gasteiger partial charge in [-0.15, -0.1) is 0 Å². The summed E-state index contributed by atoms with van der Waals surface area (Å²) in [5.41, 5.74) is 4.09. The van der Waals surface area contributed by atoms with E-state index in [1.54, 1.807) is 11.1 Å². The Bertz CT molecular complexity index is 982. The minimum atomic E-state index is -0.168. The summed E-state index contributed by atoms with van der Waals surface area (Å²) >= 11 is 0. The fourth-order valence-electron chi connectivity index (χ4n) is 3.52. The Kier molecular flexibility index (Phi) is 5.19. The van der Waals surface area contributed by atoms with Crippen LogP contribution in [-0.2, 0) is 29.1 Å². The van der Waals surface area contributed by atoms with E-state index < -0.39 is 0 Å². The molecule has 1 aromatic heterocycles. The number of hydrogen-bond acceptors (Lipinski definition) is 3. The number of aryl methyl sites for hydroxylation is 1. The highest BCUT2D eigenvalue weighted by Crippen LogP contribution is 2.27. The molecule has 0 bridgehead atoms. The van der Waals surface area contributed by atoms with Gasteiger partial charge in [0, 0.05) is 31.0 Å². The smallest absolute Gasteiger partial charge is 0.240 e. The SMILES string of the molecule is O=C(CN1C(=O)CCc2ccccc21)NCc1ccccc1Cn1cccn1. The third-order valence-electron chi connectivity index (χ3n) is 4.98. The largest absolute Gasteiger partial charge is 0.350 e. The van der Waals surface area contributed by atoms with Crippen LogP contribution in [0.1, 0.15) is 23.1 Å². The lowest BCUT2D eigenvalue weighted by Crippen LogP contribution is -2.43. The Morgan fingerprint density at radius 1 is 1.00 bits per heavy atom. The molecule has 0 aliphatic carbocycles. The number of anilines is 1. The van der Waals surface area contributed by atoms with Crippen molar-refractivity contribution in [1.82, 2.24) is 15.1 Å². The van der Waals surface area contributed by atoms with Crippen molar-refractivity contribution >= 4 is 17.5 Å². The van der Waals surface area contributed by atoms with E-state index in [2.05, 4.69) is 10.4 Å². The molecule has 6 heteroatoms. The summed E-state index contributed by atoms with van der Waals surface area (Å²) in [6.07, 6.45) is 4.83. The van der Waals surface area contributed by atoms with E-state index >= 15 is 0 Å². The van der Waals surface area contributed by atoms with Gasteiger partial charge in [-0.05, 0) is 35.2 Å². The maximum absolute atomic E-state index is 12.5. The molecule has 0 atom stereocenters. The van der Waals surface area contributed by atoms with Crippen LogP contribution in [0, 0.1) is 0 Å². The maximum Gasteiger partial charge on any atom is 0.240 e. The van der Waals surface area contributed by atoms with Crippen LogP contribution in [0.5, 0.6) is 0 Å². The average molecular weight is 374 g/mol. The summed E-state index contributed by atoms with van der Waals surface area (Å²) < 4.78 is 1.85. The first kappa shape index (κ1) is 18.0. The molecule has 2 aromatic carbocycles. The minimum absolute atomic E-state index is 0.00654. The molecule has 0 fully saturated rings. The van der Waals surface area contributed by atoms with Gasteiger partial charge < -0.3 is 10.2 Å². The van der Waals surface area contributed by atoms with E-state index in [0.717, 1.165) is 28.8 Å². The number of carbonyl (C=O) groups excluding carboxylic acids is 2. The molecule has 0 saturated carbocycles. The molecule has 0 radical (unpaired) electrons. The molecular weight excluding hydrogens is 352 g/mol. The first-order valence-electron chi connectivity index (χ1n) is 9.40. The van der Waals surface area contributed by atoms with Gasteiger partial charge in [0.2, 0.25) is 11.8 Å². The zero-order valence-electron chi connectivity index (χ0n) is 15.5. The fraction of sp³-hybridized carbons (Fsp3) is 0.227. The summed E-state index contributed by atoms with van der Waals surface area (Å²) in [6.45, 7) is 1.11. The van der Waals surface area contributed by atoms with Gasteiger partial charge in [0.25, 0.3) is 0 Å². The lowest BCUT2D eigenvalue weighted by atomic mass is 10.0. The Hall–Kier alpha value is -3.41. The lowest BCUT2D eigenvalue weighted by Gasteiger charge is -2.28. The van der Waals surface area contributed by atoms with E-state index in [-0.39, 0.29) is 18.4 Å². The van der Waals surface area contributed by atoms with Gasteiger partial charge in [-0.3, -0.25) is 14.3 Å². The molecule has 2 heterocycles. The van der Waals surface area contributed by atoms with Crippen LogP contribution in [-0.4, -0.2) is 28.1 Å². The number of amides is 2. The Morgan fingerprint density at radius 2 is 1.79 bits per heavy atom. The number of rotatable bonds is 6. The highest BCUT2D eigenvalue weighted by Gasteiger charge is 2.25. The standard InChI is InChI=1S/C22H22N4O2/c27-21(16-26-20-9-4-3-6-17(20)10-11-22(26)28)23-14-18-7-1-2-8-19(18)15-25-13-5-12-24-25/h1-9,12-13H,10-11,14-16H2,(H,23,27). The van der Waals surface area contributed by atoms with Crippen molar-refractivity contribution in [1.29, 1.82) is 0 Å². The molecule has 1 aliphatic heterocycles. The molecule has 0 saturated heterocycles. The Morgan fingerprint density at radius 3 is 2.61 bits per heavy atom. The zero-order valence-corrected chi connectivity index (χ0v) is 15.5. The van der Waals surface area contributed by atoms with Crippen LogP contribution in [0.15, 0.2) is 67.0 Å². The molecule has 142 valence electrons. The van der Waals surface area contributed by atoms with Crippen molar-refractivity contribution in [2.45, 2.75) is 25.9 Å². The summed E-state index contributed by atoms with van der Waals surface area (Å²) in [5, 5.41) is 7.20.